The number of carbonyl (C=O) groups excluding carboxylic acids is 1. The van der Waals surface area contributed by atoms with Gasteiger partial charge >= 0.3 is 0 Å². The molecule has 0 aliphatic heterocycles. The van der Waals surface area contributed by atoms with Crippen molar-refractivity contribution in [3.8, 4) is 0 Å². The van der Waals surface area contributed by atoms with Gasteiger partial charge in [-0.15, -0.1) is 10.2 Å². The van der Waals surface area contributed by atoms with E-state index in [1.165, 1.54) is 29.4 Å². The Balaban J connectivity index is 1.91. The van der Waals surface area contributed by atoms with Gasteiger partial charge in [0.1, 0.15) is 0 Å². The molecule has 112 valence electrons. The fourth-order valence-corrected chi connectivity index (χ4v) is 3.38. The minimum Gasteiger partial charge on any atom is -0.356 e. The summed E-state index contributed by atoms with van der Waals surface area (Å²) in [7, 11) is 0. The third kappa shape index (κ3) is 4.71. The van der Waals surface area contributed by atoms with Gasteiger partial charge in [0.15, 0.2) is 4.34 Å². The van der Waals surface area contributed by atoms with Crippen LogP contribution in [0.3, 0.4) is 0 Å². The first-order valence-corrected chi connectivity index (χ1v) is 8.40. The number of thioether (sulfide) groups is 1. The van der Waals surface area contributed by atoms with Crippen LogP contribution in [-0.2, 0) is 4.79 Å². The van der Waals surface area contributed by atoms with Gasteiger partial charge < -0.3 is 10.6 Å². The maximum absolute atomic E-state index is 10.8. The van der Waals surface area contributed by atoms with E-state index in [-0.39, 0.29) is 5.91 Å². The Bertz CT molecular complexity index is 627. The zero-order valence-corrected chi connectivity index (χ0v) is 13.9. The Morgan fingerprint density at radius 1 is 1.33 bits per heavy atom. The van der Waals surface area contributed by atoms with Crippen LogP contribution in [0.4, 0.5) is 10.8 Å². The summed E-state index contributed by atoms with van der Waals surface area (Å²) in [6.45, 7) is 6.33. The molecule has 0 bridgehead atoms. The first-order chi connectivity index (χ1) is 10.1. The second-order valence-electron chi connectivity index (χ2n) is 4.58. The minimum absolute atomic E-state index is 0.00913. The standard InChI is InChI=1S/C14H18N4OS2/c1-9-5-4-6-12(10(9)2)16-13-17-18-14(21-13)20-8-7-15-11(3)19/h4-6H,7-8H2,1-3H3,(H,15,19)(H,16,17). The monoisotopic (exact) mass is 322 g/mol. The molecule has 2 rings (SSSR count). The van der Waals surface area contributed by atoms with Crippen molar-refractivity contribution in [1.82, 2.24) is 15.5 Å². The van der Waals surface area contributed by atoms with Crippen molar-refractivity contribution in [2.24, 2.45) is 0 Å². The van der Waals surface area contributed by atoms with Crippen LogP contribution in [-0.4, -0.2) is 28.4 Å². The second kappa shape index (κ2) is 7.42. The smallest absolute Gasteiger partial charge is 0.216 e. The third-order valence-corrected chi connectivity index (χ3v) is 4.93. The van der Waals surface area contributed by atoms with Crippen molar-refractivity contribution in [2.75, 3.05) is 17.6 Å². The Hall–Kier alpha value is -1.60. The van der Waals surface area contributed by atoms with E-state index in [9.17, 15) is 4.79 Å². The van der Waals surface area contributed by atoms with E-state index in [2.05, 4.69) is 40.7 Å². The number of anilines is 2. The summed E-state index contributed by atoms with van der Waals surface area (Å²) in [6, 6.07) is 6.14. The highest BCUT2D eigenvalue weighted by Crippen LogP contribution is 2.29. The fourth-order valence-electron chi connectivity index (χ4n) is 1.69. The Morgan fingerprint density at radius 3 is 2.90 bits per heavy atom. The van der Waals surface area contributed by atoms with Crippen LogP contribution >= 0.6 is 23.1 Å². The van der Waals surface area contributed by atoms with Gasteiger partial charge in [-0.2, -0.15) is 0 Å². The van der Waals surface area contributed by atoms with Crippen molar-refractivity contribution >= 4 is 39.8 Å². The van der Waals surface area contributed by atoms with E-state index >= 15 is 0 Å². The molecule has 1 heterocycles. The number of hydrogen-bond donors (Lipinski definition) is 2. The van der Waals surface area contributed by atoms with Crippen molar-refractivity contribution in [2.45, 2.75) is 25.1 Å². The first kappa shape index (κ1) is 15.8. The van der Waals surface area contributed by atoms with Gasteiger partial charge in [-0.1, -0.05) is 35.2 Å². The van der Waals surface area contributed by atoms with Gasteiger partial charge in [-0.25, -0.2) is 0 Å². The zero-order valence-electron chi connectivity index (χ0n) is 12.3. The fraction of sp³-hybridized carbons (Fsp3) is 0.357. The van der Waals surface area contributed by atoms with E-state index < -0.39 is 0 Å². The number of aromatic nitrogens is 2. The molecule has 5 nitrogen and oxygen atoms in total. The molecular weight excluding hydrogens is 304 g/mol. The predicted octanol–water partition coefficient (Wildman–Crippen LogP) is 3.13. The molecule has 0 fully saturated rings. The molecule has 0 aliphatic carbocycles. The zero-order chi connectivity index (χ0) is 15.2. The lowest BCUT2D eigenvalue weighted by atomic mass is 10.1. The number of rotatable bonds is 6. The van der Waals surface area contributed by atoms with Crippen LogP contribution in [0.5, 0.6) is 0 Å². The lowest BCUT2D eigenvalue weighted by Crippen LogP contribution is -2.22. The number of aryl methyl sites for hydroxylation is 1. The lowest BCUT2D eigenvalue weighted by molar-refractivity contribution is -0.118. The molecule has 1 aromatic heterocycles. The SMILES string of the molecule is CC(=O)NCCSc1nnc(Nc2cccc(C)c2C)s1. The quantitative estimate of drug-likeness (QED) is 0.632. The molecule has 2 aromatic rings. The van der Waals surface area contributed by atoms with Crippen LogP contribution in [0.2, 0.25) is 0 Å². The number of carbonyl (C=O) groups is 1. The lowest BCUT2D eigenvalue weighted by Gasteiger charge is -2.08. The van der Waals surface area contributed by atoms with E-state index in [0.29, 0.717) is 6.54 Å². The van der Waals surface area contributed by atoms with E-state index in [4.69, 9.17) is 0 Å². The highest BCUT2D eigenvalue weighted by Gasteiger charge is 2.07. The summed E-state index contributed by atoms with van der Waals surface area (Å²) < 4.78 is 0.896. The van der Waals surface area contributed by atoms with Crippen molar-refractivity contribution in [1.29, 1.82) is 0 Å². The summed E-state index contributed by atoms with van der Waals surface area (Å²) in [5.74, 6) is 0.780. The largest absolute Gasteiger partial charge is 0.356 e. The molecule has 1 aromatic carbocycles. The van der Waals surface area contributed by atoms with Gasteiger partial charge in [0.25, 0.3) is 0 Å². The Kier molecular flexibility index (Phi) is 5.58. The number of nitrogens with zero attached hydrogens (tertiary/aromatic N) is 2. The number of benzene rings is 1. The van der Waals surface area contributed by atoms with Crippen LogP contribution in [0.15, 0.2) is 22.5 Å². The summed E-state index contributed by atoms with van der Waals surface area (Å²) in [4.78, 5) is 10.8. The molecular formula is C14H18N4OS2. The molecule has 0 radical (unpaired) electrons. The molecule has 1 amide bonds. The highest BCUT2D eigenvalue weighted by molar-refractivity contribution is 8.01. The molecule has 0 spiro atoms. The van der Waals surface area contributed by atoms with Crippen molar-refractivity contribution in [3.63, 3.8) is 0 Å². The number of hydrogen-bond acceptors (Lipinski definition) is 6. The summed E-state index contributed by atoms with van der Waals surface area (Å²) in [6.07, 6.45) is 0. The highest BCUT2D eigenvalue weighted by atomic mass is 32.2. The summed E-state index contributed by atoms with van der Waals surface area (Å²) in [5.41, 5.74) is 3.52. The molecule has 2 N–H and O–H groups in total. The summed E-state index contributed by atoms with van der Waals surface area (Å²) in [5, 5.41) is 15.1. The average Bonchev–Trinajstić information content (AvgIpc) is 2.87. The van der Waals surface area contributed by atoms with Crippen LogP contribution in [0.1, 0.15) is 18.1 Å². The maximum atomic E-state index is 10.8. The van der Waals surface area contributed by atoms with Gasteiger partial charge in [0, 0.05) is 24.9 Å². The van der Waals surface area contributed by atoms with E-state index in [1.54, 1.807) is 11.8 Å². The average molecular weight is 322 g/mol. The first-order valence-electron chi connectivity index (χ1n) is 6.60. The van der Waals surface area contributed by atoms with Gasteiger partial charge in [0.05, 0.1) is 0 Å². The van der Waals surface area contributed by atoms with Crippen molar-refractivity contribution in [3.05, 3.63) is 29.3 Å². The molecule has 0 unspecified atom stereocenters. The van der Waals surface area contributed by atoms with Gasteiger partial charge in [-0.05, 0) is 31.0 Å². The molecule has 0 aliphatic rings. The molecule has 7 heteroatoms. The predicted molar refractivity (Wildman–Crippen MR) is 88.5 cm³/mol. The van der Waals surface area contributed by atoms with Crippen LogP contribution in [0.25, 0.3) is 0 Å². The topological polar surface area (TPSA) is 66.9 Å². The van der Waals surface area contributed by atoms with Crippen LogP contribution < -0.4 is 10.6 Å². The number of amides is 1. The summed E-state index contributed by atoms with van der Waals surface area (Å²) >= 11 is 3.11. The molecule has 0 atom stereocenters. The number of nitrogens with one attached hydrogen (secondary N) is 2. The van der Waals surface area contributed by atoms with E-state index in [0.717, 1.165) is 20.9 Å². The Morgan fingerprint density at radius 2 is 2.14 bits per heavy atom. The molecule has 0 saturated carbocycles. The molecule has 21 heavy (non-hydrogen) atoms. The minimum atomic E-state index is -0.00913. The van der Waals surface area contributed by atoms with Crippen molar-refractivity contribution < 1.29 is 4.79 Å². The normalized spacial score (nSPS) is 10.4. The van der Waals surface area contributed by atoms with Gasteiger partial charge in [-0.3, -0.25) is 4.79 Å². The Labute approximate surface area is 132 Å². The van der Waals surface area contributed by atoms with E-state index in [1.807, 2.05) is 12.1 Å². The third-order valence-electron chi connectivity index (χ3n) is 2.95. The molecule has 0 saturated heterocycles. The maximum Gasteiger partial charge on any atom is 0.216 e. The van der Waals surface area contributed by atoms with Gasteiger partial charge in [0.2, 0.25) is 11.0 Å². The second-order valence-corrected chi connectivity index (χ2v) is 6.90. The van der Waals surface area contributed by atoms with Crippen LogP contribution in [0, 0.1) is 13.8 Å².